The third-order valence-corrected chi connectivity index (χ3v) is 9.70. The number of para-hydroxylation sites is 2. The van der Waals surface area contributed by atoms with Crippen molar-refractivity contribution >= 4 is 49.8 Å². The van der Waals surface area contributed by atoms with Gasteiger partial charge in [-0.25, -0.2) is 0 Å². The minimum Gasteiger partial charge on any atom is -0.354 e. The molecular formula is C45H34N4. The number of H-pyrrole nitrogens is 1. The number of nitrogens with zero attached hydrogens (tertiary/aromatic N) is 2. The lowest BCUT2D eigenvalue weighted by atomic mass is 9.94. The predicted octanol–water partition coefficient (Wildman–Crippen LogP) is 10.9. The summed E-state index contributed by atoms with van der Waals surface area (Å²) >= 11 is 0. The van der Waals surface area contributed by atoms with Crippen molar-refractivity contribution in [3.05, 3.63) is 187 Å². The predicted molar refractivity (Wildman–Crippen MR) is 206 cm³/mol. The highest BCUT2D eigenvalue weighted by atomic mass is 15.0. The Bertz CT molecular complexity index is 2610. The number of nitrogens with two attached hydrogens (primary N) is 1. The molecule has 0 bridgehead atoms. The van der Waals surface area contributed by atoms with E-state index in [-0.39, 0.29) is 12.1 Å². The largest absolute Gasteiger partial charge is 0.354 e. The molecule has 0 saturated heterocycles. The molecule has 2 atom stereocenters. The van der Waals surface area contributed by atoms with Crippen LogP contribution in [0.15, 0.2) is 175 Å². The molecule has 234 valence electrons. The Hall–Kier alpha value is -6.23. The molecule has 7 aromatic carbocycles. The molecule has 3 N–H and O–H groups in total. The standard InChI is InChI=1S/C45H34N4/c46-44(33-14-5-2-6-15-33)45(47-29-30-22-24-32(25-23-30)31-12-3-1-4-13-31)34-16-11-17-35(26-34)49-42-21-10-8-19-37(42)39-27-38-36-18-7-9-20-40(36)48-41(38)28-43(39)49/h1-29,44-45,48H,46H2/b47-29+/t44?,45-/m1/s1. The van der Waals surface area contributed by atoms with Gasteiger partial charge in [-0.05, 0) is 64.2 Å². The number of hydrogen-bond acceptors (Lipinski definition) is 2. The van der Waals surface area contributed by atoms with E-state index in [9.17, 15) is 0 Å². The molecular weight excluding hydrogens is 597 g/mol. The van der Waals surface area contributed by atoms with Crippen molar-refractivity contribution in [1.29, 1.82) is 0 Å². The third-order valence-electron chi connectivity index (χ3n) is 9.70. The van der Waals surface area contributed by atoms with Crippen molar-refractivity contribution in [3.63, 3.8) is 0 Å². The lowest BCUT2D eigenvalue weighted by molar-refractivity contribution is 0.579. The average molecular weight is 631 g/mol. The Morgan fingerprint density at radius 2 is 1.18 bits per heavy atom. The molecule has 2 heterocycles. The van der Waals surface area contributed by atoms with Crippen LogP contribution in [0.5, 0.6) is 0 Å². The fraction of sp³-hybridized carbons (Fsp3) is 0.0444. The van der Waals surface area contributed by atoms with E-state index in [1.54, 1.807) is 0 Å². The quantitative estimate of drug-likeness (QED) is 0.169. The van der Waals surface area contributed by atoms with E-state index in [1.807, 2.05) is 30.5 Å². The van der Waals surface area contributed by atoms with Gasteiger partial charge >= 0.3 is 0 Å². The zero-order chi connectivity index (χ0) is 32.7. The molecule has 4 heteroatoms. The molecule has 0 spiro atoms. The minimum absolute atomic E-state index is 0.301. The number of aliphatic imine (C=N–C) groups is 1. The van der Waals surface area contributed by atoms with E-state index in [0.29, 0.717) is 0 Å². The van der Waals surface area contributed by atoms with Crippen LogP contribution >= 0.6 is 0 Å². The Labute approximate surface area is 284 Å². The number of rotatable bonds is 7. The van der Waals surface area contributed by atoms with Gasteiger partial charge in [0, 0.05) is 44.5 Å². The SMILES string of the molecule is NC(c1ccccc1)[C@H](/N=C/c1ccc(-c2ccccc2)cc1)c1cccc(-n2c3ccccc3c3cc4c(cc32)[nH]c2ccccc24)c1. The molecule has 0 aliphatic heterocycles. The van der Waals surface area contributed by atoms with E-state index in [0.717, 1.165) is 44.4 Å². The topological polar surface area (TPSA) is 59.1 Å². The van der Waals surface area contributed by atoms with E-state index in [2.05, 4.69) is 155 Å². The van der Waals surface area contributed by atoms with Crippen LogP contribution in [-0.2, 0) is 0 Å². The summed E-state index contributed by atoms with van der Waals surface area (Å²) in [4.78, 5) is 8.84. The lowest BCUT2D eigenvalue weighted by Crippen LogP contribution is -2.19. The summed E-state index contributed by atoms with van der Waals surface area (Å²) in [5.41, 5.74) is 18.2. The summed E-state index contributed by atoms with van der Waals surface area (Å²) in [5, 5.41) is 4.93. The van der Waals surface area contributed by atoms with Gasteiger partial charge < -0.3 is 15.3 Å². The van der Waals surface area contributed by atoms with Gasteiger partial charge in [0.1, 0.15) is 0 Å². The van der Waals surface area contributed by atoms with Gasteiger partial charge in [0.15, 0.2) is 0 Å². The number of nitrogens with one attached hydrogen (secondary N) is 1. The van der Waals surface area contributed by atoms with Crippen molar-refractivity contribution in [2.24, 2.45) is 10.7 Å². The Morgan fingerprint density at radius 1 is 0.510 bits per heavy atom. The van der Waals surface area contributed by atoms with Crippen LogP contribution in [-0.4, -0.2) is 15.8 Å². The van der Waals surface area contributed by atoms with E-state index in [1.165, 1.54) is 32.7 Å². The highest BCUT2D eigenvalue weighted by molar-refractivity contribution is 6.18. The van der Waals surface area contributed by atoms with Gasteiger partial charge in [0.2, 0.25) is 0 Å². The van der Waals surface area contributed by atoms with Crippen molar-refractivity contribution in [2.75, 3.05) is 0 Å². The van der Waals surface area contributed by atoms with Crippen LogP contribution < -0.4 is 5.73 Å². The molecule has 0 saturated carbocycles. The molecule has 0 aliphatic rings. The molecule has 0 amide bonds. The third kappa shape index (κ3) is 5.20. The van der Waals surface area contributed by atoms with Gasteiger partial charge in [-0.2, -0.15) is 0 Å². The van der Waals surface area contributed by atoms with Crippen molar-refractivity contribution in [3.8, 4) is 16.8 Å². The summed E-state index contributed by atoms with van der Waals surface area (Å²) < 4.78 is 2.37. The van der Waals surface area contributed by atoms with E-state index < -0.39 is 0 Å². The fourth-order valence-electron chi connectivity index (χ4n) is 7.24. The Kier molecular flexibility index (Phi) is 7.15. The summed E-state index contributed by atoms with van der Waals surface area (Å²) in [6.07, 6.45) is 1.96. The second kappa shape index (κ2) is 12.1. The first-order chi connectivity index (χ1) is 24.2. The first kappa shape index (κ1) is 29.0. The maximum atomic E-state index is 7.06. The lowest BCUT2D eigenvalue weighted by Gasteiger charge is -2.22. The van der Waals surface area contributed by atoms with Gasteiger partial charge in [0.25, 0.3) is 0 Å². The van der Waals surface area contributed by atoms with E-state index >= 15 is 0 Å². The van der Waals surface area contributed by atoms with Crippen LogP contribution in [0.2, 0.25) is 0 Å². The molecule has 9 aromatic rings. The molecule has 4 nitrogen and oxygen atoms in total. The van der Waals surface area contributed by atoms with Crippen molar-refractivity contribution < 1.29 is 0 Å². The van der Waals surface area contributed by atoms with Gasteiger partial charge in [-0.1, -0.05) is 133 Å². The first-order valence-electron chi connectivity index (χ1n) is 16.7. The molecule has 49 heavy (non-hydrogen) atoms. The Balaban J connectivity index is 1.16. The number of aromatic amines is 1. The number of hydrogen-bond donors (Lipinski definition) is 2. The normalized spacial score (nSPS) is 13.2. The number of benzene rings is 7. The van der Waals surface area contributed by atoms with Gasteiger partial charge in [-0.3, -0.25) is 4.99 Å². The van der Waals surface area contributed by atoms with Crippen LogP contribution in [0.3, 0.4) is 0 Å². The van der Waals surface area contributed by atoms with Gasteiger partial charge in [-0.15, -0.1) is 0 Å². The smallest absolute Gasteiger partial charge is 0.0942 e. The molecule has 9 rings (SSSR count). The highest BCUT2D eigenvalue weighted by Gasteiger charge is 2.22. The van der Waals surface area contributed by atoms with Crippen LogP contribution in [0.1, 0.15) is 28.8 Å². The van der Waals surface area contributed by atoms with Crippen LogP contribution in [0.4, 0.5) is 0 Å². The summed E-state index contributed by atoms with van der Waals surface area (Å²) in [6.45, 7) is 0. The zero-order valence-corrected chi connectivity index (χ0v) is 26.9. The average Bonchev–Trinajstić information content (AvgIpc) is 3.69. The second-order valence-electron chi connectivity index (χ2n) is 12.7. The van der Waals surface area contributed by atoms with Crippen LogP contribution in [0, 0.1) is 0 Å². The summed E-state index contributed by atoms with van der Waals surface area (Å²) in [6, 6.07) is 59.1. The van der Waals surface area contributed by atoms with Crippen LogP contribution in [0.25, 0.3) is 60.4 Å². The molecule has 0 radical (unpaired) electrons. The summed E-state index contributed by atoms with van der Waals surface area (Å²) in [5.74, 6) is 0. The fourth-order valence-corrected chi connectivity index (χ4v) is 7.24. The molecule has 2 aromatic heterocycles. The second-order valence-corrected chi connectivity index (χ2v) is 12.7. The molecule has 0 fully saturated rings. The maximum Gasteiger partial charge on any atom is 0.0942 e. The number of fused-ring (bicyclic) bond motifs is 6. The molecule has 1 unspecified atom stereocenters. The molecule has 0 aliphatic carbocycles. The van der Waals surface area contributed by atoms with Gasteiger partial charge in [0.05, 0.1) is 23.1 Å². The summed E-state index contributed by atoms with van der Waals surface area (Å²) in [7, 11) is 0. The van der Waals surface area contributed by atoms with Crippen molar-refractivity contribution in [2.45, 2.75) is 12.1 Å². The maximum absolute atomic E-state index is 7.06. The number of aromatic nitrogens is 2. The zero-order valence-electron chi connectivity index (χ0n) is 26.9. The highest BCUT2D eigenvalue weighted by Crippen LogP contribution is 2.38. The minimum atomic E-state index is -0.333. The van der Waals surface area contributed by atoms with Crippen molar-refractivity contribution in [1.82, 2.24) is 9.55 Å². The Morgan fingerprint density at radius 3 is 2.00 bits per heavy atom. The van der Waals surface area contributed by atoms with E-state index in [4.69, 9.17) is 10.7 Å². The first-order valence-corrected chi connectivity index (χ1v) is 16.7. The monoisotopic (exact) mass is 630 g/mol.